The molecule has 1 aromatic carbocycles. The van der Waals surface area contributed by atoms with E-state index in [1.54, 1.807) is 10.6 Å². The standard InChI is InChI=1S/C10H8ClN5/c1-5-13-8-3-2-6(11)4-7(8)9-14-10(12)15-16(5)9/h2-4H,1H3,(H2,12,15). The van der Waals surface area contributed by atoms with Crippen LogP contribution >= 0.6 is 11.6 Å². The Kier molecular flexibility index (Phi) is 1.79. The Labute approximate surface area is 95.9 Å². The van der Waals surface area contributed by atoms with Crippen LogP contribution in [0, 0.1) is 6.92 Å². The Morgan fingerprint density at radius 2 is 2.12 bits per heavy atom. The van der Waals surface area contributed by atoms with Crippen LogP contribution in [0.5, 0.6) is 0 Å². The van der Waals surface area contributed by atoms with E-state index in [0.29, 0.717) is 10.7 Å². The molecule has 0 unspecified atom stereocenters. The molecule has 2 aromatic heterocycles. The maximum atomic E-state index is 5.95. The van der Waals surface area contributed by atoms with Gasteiger partial charge in [-0.25, -0.2) is 4.98 Å². The predicted octanol–water partition coefficient (Wildman–Crippen LogP) is 1.82. The molecule has 0 aliphatic rings. The monoisotopic (exact) mass is 233 g/mol. The molecule has 0 saturated heterocycles. The van der Waals surface area contributed by atoms with E-state index in [2.05, 4.69) is 15.1 Å². The summed E-state index contributed by atoms with van der Waals surface area (Å²) in [6, 6.07) is 5.47. The van der Waals surface area contributed by atoms with Gasteiger partial charge in [-0.15, -0.1) is 5.10 Å². The van der Waals surface area contributed by atoms with Gasteiger partial charge in [0.25, 0.3) is 0 Å². The zero-order valence-corrected chi connectivity index (χ0v) is 9.23. The Hall–Kier alpha value is -1.88. The number of fused-ring (bicyclic) bond motifs is 3. The van der Waals surface area contributed by atoms with Gasteiger partial charge in [0.2, 0.25) is 5.95 Å². The second kappa shape index (κ2) is 3.05. The third-order valence-corrected chi connectivity index (χ3v) is 2.65. The van der Waals surface area contributed by atoms with Crippen LogP contribution < -0.4 is 5.73 Å². The quantitative estimate of drug-likeness (QED) is 0.643. The lowest BCUT2D eigenvalue weighted by Crippen LogP contribution is -1.98. The van der Waals surface area contributed by atoms with Crippen molar-refractivity contribution in [3.8, 4) is 0 Å². The molecule has 0 bridgehead atoms. The molecule has 3 aromatic rings. The lowest BCUT2D eigenvalue weighted by Gasteiger charge is -2.02. The van der Waals surface area contributed by atoms with Gasteiger partial charge in [-0.1, -0.05) is 11.6 Å². The molecule has 16 heavy (non-hydrogen) atoms. The minimum atomic E-state index is 0.234. The molecular weight excluding hydrogens is 226 g/mol. The maximum absolute atomic E-state index is 5.95. The van der Waals surface area contributed by atoms with Crippen molar-refractivity contribution in [2.75, 3.05) is 5.73 Å². The van der Waals surface area contributed by atoms with Crippen LogP contribution in [0.15, 0.2) is 18.2 Å². The Morgan fingerprint density at radius 3 is 2.94 bits per heavy atom. The fourth-order valence-electron chi connectivity index (χ4n) is 1.73. The van der Waals surface area contributed by atoms with E-state index < -0.39 is 0 Å². The number of rotatable bonds is 0. The summed E-state index contributed by atoms with van der Waals surface area (Å²) in [5.41, 5.74) is 7.10. The summed E-state index contributed by atoms with van der Waals surface area (Å²) in [5.74, 6) is 0.978. The van der Waals surface area contributed by atoms with E-state index in [-0.39, 0.29) is 5.95 Å². The van der Waals surface area contributed by atoms with Crippen molar-refractivity contribution in [3.05, 3.63) is 29.0 Å². The highest BCUT2D eigenvalue weighted by Crippen LogP contribution is 2.22. The summed E-state index contributed by atoms with van der Waals surface area (Å²) in [5, 5.41) is 5.56. The first kappa shape index (κ1) is 9.35. The van der Waals surface area contributed by atoms with E-state index in [1.807, 2.05) is 19.1 Å². The van der Waals surface area contributed by atoms with Gasteiger partial charge < -0.3 is 5.73 Å². The highest BCUT2D eigenvalue weighted by molar-refractivity contribution is 6.31. The van der Waals surface area contributed by atoms with Gasteiger partial charge in [-0.05, 0) is 25.1 Å². The minimum Gasteiger partial charge on any atom is -0.366 e. The molecule has 2 N–H and O–H groups in total. The van der Waals surface area contributed by atoms with Gasteiger partial charge in [0.05, 0.1) is 5.52 Å². The molecule has 0 aliphatic heterocycles. The average molecular weight is 234 g/mol. The lowest BCUT2D eigenvalue weighted by atomic mass is 10.2. The highest BCUT2D eigenvalue weighted by atomic mass is 35.5. The number of benzene rings is 1. The van der Waals surface area contributed by atoms with Crippen molar-refractivity contribution in [3.63, 3.8) is 0 Å². The number of anilines is 1. The number of nitrogen functional groups attached to an aromatic ring is 1. The number of aromatic nitrogens is 4. The van der Waals surface area contributed by atoms with Gasteiger partial charge >= 0.3 is 0 Å². The summed E-state index contributed by atoms with van der Waals surface area (Å²) in [4.78, 5) is 8.58. The predicted molar refractivity (Wildman–Crippen MR) is 62.4 cm³/mol. The molecule has 5 nitrogen and oxygen atoms in total. The number of hydrogen-bond donors (Lipinski definition) is 1. The molecule has 6 heteroatoms. The van der Waals surface area contributed by atoms with E-state index in [0.717, 1.165) is 16.7 Å². The summed E-state index contributed by atoms with van der Waals surface area (Å²) < 4.78 is 1.62. The van der Waals surface area contributed by atoms with Crippen LogP contribution in [-0.2, 0) is 0 Å². The molecule has 2 heterocycles. The van der Waals surface area contributed by atoms with Crippen molar-refractivity contribution in [2.24, 2.45) is 0 Å². The summed E-state index contributed by atoms with van der Waals surface area (Å²) in [6.07, 6.45) is 0. The zero-order chi connectivity index (χ0) is 11.3. The fraction of sp³-hybridized carbons (Fsp3) is 0.100. The maximum Gasteiger partial charge on any atom is 0.240 e. The van der Waals surface area contributed by atoms with Crippen molar-refractivity contribution in [1.82, 2.24) is 19.6 Å². The van der Waals surface area contributed by atoms with Crippen LogP contribution in [0.3, 0.4) is 0 Å². The largest absolute Gasteiger partial charge is 0.366 e. The van der Waals surface area contributed by atoms with Gasteiger partial charge in [-0.2, -0.15) is 9.50 Å². The first-order valence-corrected chi connectivity index (χ1v) is 5.11. The van der Waals surface area contributed by atoms with Gasteiger partial charge in [0.1, 0.15) is 5.82 Å². The SMILES string of the molecule is Cc1nc2ccc(Cl)cc2c2nc(N)nn12. The summed E-state index contributed by atoms with van der Waals surface area (Å²) in [6.45, 7) is 1.86. The number of aryl methyl sites for hydroxylation is 1. The number of nitrogens with two attached hydrogens (primary N) is 1. The molecule has 80 valence electrons. The van der Waals surface area contributed by atoms with E-state index in [1.165, 1.54) is 0 Å². The Morgan fingerprint density at radius 1 is 1.31 bits per heavy atom. The van der Waals surface area contributed by atoms with Gasteiger partial charge in [0.15, 0.2) is 5.65 Å². The molecule has 0 spiro atoms. The first-order valence-electron chi connectivity index (χ1n) is 4.73. The van der Waals surface area contributed by atoms with Crippen molar-refractivity contribution in [2.45, 2.75) is 6.92 Å². The summed E-state index contributed by atoms with van der Waals surface area (Å²) in [7, 11) is 0. The molecule has 0 atom stereocenters. The number of halogens is 1. The van der Waals surface area contributed by atoms with Crippen molar-refractivity contribution >= 4 is 34.1 Å². The van der Waals surface area contributed by atoms with Crippen molar-refractivity contribution < 1.29 is 0 Å². The normalized spacial score (nSPS) is 11.4. The smallest absolute Gasteiger partial charge is 0.240 e. The molecule has 0 radical (unpaired) electrons. The van der Waals surface area contributed by atoms with Crippen LogP contribution in [0.2, 0.25) is 5.02 Å². The topological polar surface area (TPSA) is 69.1 Å². The first-order chi connectivity index (χ1) is 7.65. The lowest BCUT2D eigenvalue weighted by molar-refractivity contribution is 0.881. The molecular formula is C10H8ClN5. The van der Waals surface area contributed by atoms with Crippen LogP contribution in [0.1, 0.15) is 5.82 Å². The zero-order valence-electron chi connectivity index (χ0n) is 8.48. The second-order valence-electron chi connectivity index (χ2n) is 3.53. The minimum absolute atomic E-state index is 0.234. The number of hydrogen-bond acceptors (Lipinski definition) is 4. The number of nitrogens with zero attached hydrogens (tertiary/aromatic N) is 4. The Balaban J connectivity index is 2.59. The third-order valence-electron chi connectivity index (χ3n) is 2.41. The van der Waals surface area contributed by atoms with Gasteiger partial charge in [0, 0.05) is 10.4 Å². The molecule has 0 amide bonds. The summed E-state index contributed by atoms with van der Waals surface area (Å²) >= 11 is 5.95. The Bertz CT molecular complexity index is 703. The van der Waals surface area contributed by atoms with E-state index >= 15 is 0 Å². The third kappa shape index (κ3) is 1.22. The molecule has 0 aliphatic carbocycles. The van der Waals surface area contributed by atoms with E-state index in [9.17, 15) is 0 Å². The highest BCUT2D eigenvalue weighted by Gasteiger charge is 2.09. The molecule has 3 rings (SSSR count). The van der Waals surface area contributed by atoms with Crippen LogP contribution in [-0.4, -0.2) is 19.6 Å². The van der Waals surface area contributed by atoms with Crippen LogP contribution in [0.25, 0.3) is 16.6 Å². The second-order valence-corrected chi connectivity index (χ2v) is 3.96. The van der Waals surface area contributed by atoms with Gasteiger partial charge in [-0.3, -0.25) is 0 Å². The average Bonchev–Trinajstić information content (AvgIpc) is 2.62. The fourth-order valence-corrected chi connectivity index (χ4v) is 1.91. The van der Waals surface area contributed by atoms with Crippen LogP contribution in [0.4, 0.5) is 5.95 Å². The van der Waals surface area contributed by atoms with Crippen molar-refractivity contribution in [1.29, 1.82) is 0 Å². The molecule has 0 saturated carbocycles. The molecule has 0 fully saturated rings. The van der Waals surface area contributed by atoms with E-state index in [4.69, 9.17) is 17.3 Å².